The fourth-order valence-corrected chi connectivity index (χ4v) is 0.640. The third kappa shape index (κ3) is 5.01. The third-order valence-corrected chi connectivity index (χ3v) is 1.28. The highest BCUT2D eigenvalue weighted by Crippen LogP contribution is 1.99. The molecule has 0 heterocycles. The quantitative estimate of drug-likeness (QED) is 0.572. The van der Waals surface area contributed by atoms with Crippen LogP contribution in [0.15, 0.2) is 0 Å². The van der Waals surface area contributed by atoms with E-state index in [4.69, 9.17) is 15.9 Å². The minimum absolute atomic E-state index is 0. The molecule has 0 aliphatic carbocycles. The van der Waals surface area contributed by atoms with Gasteiger partial charge in [-0.1, -0.05) is 13.3 Å². The zero-order valence-electron chi connectivity index (χ0n) is 6.36. The van der Waals surface area contributed by atoms with Crippen molar-refractivity contribution in [2.75, 3.05) is 0 Å². The Morgan fingerprint density at radius 3 is 2.36 bits per heavy atom. The van der Waals surface area contributed by atoms with E-state index in [1.54, 1.807) is 0 Å². The molecule has 0 spiro atoms. The summed E-state index contributed by atoms with van der Waals surface area (Å²) in [6.45, 7) is 1.86. The first-order chi connectivity index (χ1) is 4.59. The minimum Gasteiger partial charge on any atom is -0.480 e. The van der Waals surface area contributed by atoms with E-state index in [1.807, 2.05) is 6.92 Å². The fraction of sp³-hybridized carbons (Fsp3) is 0.833. The first kappa shape index (κ1) is 13.3. The molecular weight excluding hydrogens is 170 g/mol. The Balaban J connectivity index is 0. The van der Waals surface area contributed by atoms with Crippen molar-refractivity contribution in [1.82, 2.24) is 0 Å². The van der Waals surface area contributed by atoms with Crippen LogP contribution in [0.25, 0.3) is 0 Å². The predicted molar refractivity (Wildman–Crippen MR) is 43.8 cm³/mol. The highest BCUT2D eigenvalue weighted by atomic mass is 35.5. The van der Waals surface area contributed by atoms with E-state index in [1.165, 1.54) is 0 Å². The van der Waals surface area contributed by atoms with E-state index in [2.05, 4.69) is 0 Å². The molecule has 5 heteroatoms. The Hall–Kier alpha value is -0.320. The Labute approximate surface area is 71.8 Å². The monoisotopic (exact) mass is 183 g/mol. The molecule has 0 bridgehead atoms. The molecule has 4 N–H and O–H groups in total. The Kier molecular flexibility index (Phi) is 7.72. The Bertz CT molecular complexity index is 120. The standard InChI is InChI=1S/C6H13NO3.ClH/c1-2-3-4(8)5(7)6(9)10;/h4-5,8H,2-3,7H2,1H3,(H,9,10);1H. The van der Waals surface area contributed by atoms with Crippen LogP contribution in [0.5, 0.6) is 0 Å². The molecule has 0 aliphatic rings. The van der Waals surface area contributed by atoms with Crippen molar-refractivity contribution < 1.29 is 15.0 Å². The number of carbonyl (C=O) groups is 1. The van der Waals surface area contributed by atoms with Gasteiger partial charge in [0.25, 0.3) is 0 Å². The molecule has 0 aromatic heterocycles. The average molecular weight is 184 g/mol. The third-order valence-electron chi connectivity index (χ3n) is 1.28. The first-order valence-corrected chi connectivity index (χ1v) is 3.26. The molecule has 68 valence electrons. The van der Waals surface area contributed by atoms with Crippen LogP contribution in [-0.2, 0) is 4.79 Å². The lowest BCUT2D eigenvalue weighted by molar-refractivity contribution is -0.141. The fourth-order valence-electron chi connectivity index (χ4n) is 0.640. The number of carboxylic acid groups (broad SMARTS) is 1. The highest BCUT2D eigenvalue weighted by molar-refractivity contribution is 5.85. The van der Waals surface area contributed by atoms with Crippen molar-refractivity contribution >= 4 is 18.4 Å². The molecule has 0 amide bonds. The van der Waals surface area contributed by atoms with Gasteiger partial charge in [-0.2, -0.15) is 0 Å². The number of aliphatic hydroxyl groups is 1. The molecule has 0 fully saturated rings. The van der Waals surface area contributed by atoms with Gasteiger partial charge in [0.05, 0.1) is 6.10 Å². The largest absolute Gasteiger partial charge is 0.480 e. The van der Waals surface area contributed by atoms with Crippen LogP contribution in [0.1, 0.15) is 19.8 Å². The van der Waals surface area contributed by atoms with Crippen LogP contribution < -0.4 is 5.73 Å². The Morgan fingerprint density at radius 2 is 2.09 bits per heavy atom. The molecule has 0 saturated carbocycles. The summed E-state index contributed by atoms with van der Waals surface area (Å²) in [5.74, 6) is -1.15. The predicted octanol–water partition coefficient (Wildman–Crippen LogP) is -0.0189. The summed E-state index contributed by atoms with van der Waals surface area (Å²) in [5, 5.41) is 17.3. The molecule has 0 rings (SSSR count). The number of nitrogens with two attached hydrogens (primary N) is 1. The van der Waals surface area contributed by atoms with E-state index in [-0.39, 0.29) is 12.4 Å². The van der Waals surface area contributed by atoms with E-state index < -0.39 is 18.1 Å². The van der Waals surface area contributed by atoms with Crippen LogP contribution in [0.3, 0.4) is 0 Å². The van der Waals surface area contributed by atoms with Crippen molar-refractivity contribution in [3.8, 4) is 0 Å². The van der Waals surface area contributed by atoms with E-state index in [9.17, 15) is 4.79 Å². The molecule has 0 aliphatic heterocycles. The smallest absolute Gasteiger partial charge is 0.323 e. The second-order valence-electron chi connectivity index (χ2n) is 2.22. The summed E-state index contributed by atoms with van der Waals surface area (Å²) in [5.41, 5.74) is 5.10. The number of aliphatic carboxylic acids is 1. The summed E-state index contributed by atoms with van der Waals surface area (Å²) < 4.78 is 0. The van der Waals surface area contributed by atoms with Gasteiger partial charge in [-0.05, 0) is 6.42 Å². The normalized spacial score (nSPS) is 14.8. The van der Waals surface area contributed by atoms with Gasteiger partial charge in [0.1, 0.15) is 6.04 Å². The number of hydrogen-bond donors (Lipinski definition) is 3. The van der Waals surface area contributed by atoms with Crippen molar-refractivity contribution in [2.24, 2.45) is 5.73 Å². The van der Waals surface area contributed by atoms with Crippen LogP contribution >= 0.6 is 12.4 Å². The number of hydrogen-bond acceptors (Lipinski definition) is 3. The van der Waals surface area contributed by atoms with Crippen molar-refractivity contribution in [1.29, 1.82) is 0 Å². The van der Waals surface area contributed by atoms with Gasteiger partial charge in [0.2, 0.25) is 0 Å². The van der Waals surface area contributed by atoms with Gasteiger partial charge in [0, 0.05) is 0 Å². The Morgan fingerprint density at radius 1 is 1.64 bits per heavy atom. The van der Waals surface area contributed by atoms with Crippen LogP contribution in [0.2, 0.25) is 0 Å². The number of rotatable bonds is 4. The zero-order chi connectivity index (χ0) is 8.15. The lowest BCUT2D eigenvalue weighted by Crippen LogP contribution is -2.41. The minimum atomic E-state index is -1.15. The van der Waals surface area contributed by atoms with Crippen molar-refractivity contribution in [3.05, 3.63) is 0 Å². The summed E-state index contributed by atoms with van der Waals surface area (Å²) in [4.78, 5) is 10.1. The van der Waals surface area contributed by atoms with Gasteiger partial charge in [0.15, 0.2) is 0 Å². The lowest BCUT2D eigenvalue weighted by atomic mass is 10.1. The molecule has 2 unspecified atom stereocenters. The van der Waals surface area contributed by atoms with Crippen molar-refractivity contribution in [3.63, 3.8) is 0 Å². The first-order valence-electron chi connectivity index (χ1n) is 3.26. The molecule has 0 aromatic carbocycles. The average Bonchev–Trinajstić information content (AvgIpc) is 1.87. The molecular formula is C6H14ClNO3. The number of carboxylic acids is 1. The molecule has 4 nitrogen and oxygen atoms in total. The summed E-state index contributed by atoms with van der Waals surface area (Å²) >= 11 is 0. The topological polar surface area (TPSA) is 83.5 Å². The molecule has 0 saturated heterocycles. The van der Waals surface area contributed by atoms with Gasteiger partial charge < -0.3 is 15.9 Å². The van der Waals surface area contributed by atoms with Crippen LogP contribution in [0.4, 0.5) is 0 Å². The van der Waals surface area contributed by atoms with Gasteiger partial charge in [-0.3, -0.25) is 4.79 Å². The second-order valence-corrected chi connectivity index (χ2v) is 2.22. The summed E-state index contributed by atoms with van der Waals surface area (Å²) in [6, 6.07) is -1.14. The highest BCUT2D eigenvalue weighted by Gasteiger charge is 2.20. The molecule has 0 aromatic rings. The molecule has 11 heavy (non-hydrogen) atoms. The zero-order valence-corrected chi connectivity index (χ0v) is 7.17. The van der Waals surface area contributed by atoms with E-state index in [0.717, 1.165) is 6.42 Å². The molecule has 0 radical (unpaired) electrons. The summed E-state index contributed by atoms with van der Waals surface area (Å²) in [6.07, 6.45) is 0.262. The van der Waals surface area contributed by atoms with Crippen molar-refractivity contribution in [2.45, 2.75) is 31.9 Å². The number of halogens is 1. The van der Waals surface area contributed by atoms with Crippen LogP contribution in [-0.4, -0.2) is 28.3 Å². The van der Waals surface area contributed by atoms with Gasteiger partial charge in [-0.25, -0.2) is 0 Å². The van der Waals surface area contributed by atoms with E-state index >= 15 is 0 Å². The lowest BCUT2D eigenvalue weighted by Gasteiger charge is -2.12. The van der Waals surface area contributed by atoms with Gasteiger partial charge in [-0.15, -0.1) is 12.4 Å². The maximum absolute atomic E-state index is 10.1. The molecule has 2 atom stereocenters. The second kappa shape index (κ2) is 6.39. The van der Waals surface area contributed by atoms with E-state index in [0.29, 0.717) is 6.42 Å². The maximum atomic E-state index is 10.1. The maximum Gasteiger partial charge on any atom is 0.323 e. The summed E-state index contributed by atoms with van der Waals surface area (Å²) in [7, 11) is 0. The van der Waals surface area contributed by atoms with Gasteiger partial charge >= 0.3 is 5.97 Å². The number of aliphatic hydroxyl groups excluding tert-OH is 1. The van der Waals surface area contributed by atoms with Crippen LogP contribution in [0, 0.1) is 0 Å². The SMILES string of the molecule is CCCC(O)C(N)C(=O)O.Cl.